The SMILES string of the molecule is CC(C)N1CCCC(=O)N2CCN(CC2)c2ncnc3c2/C(=C/Nc2ccc(F)c(c2)C1)C(=O)N3. The average Bonchev–Trinajstić information content (AvgIpc) is 3.18. The molecule has 0 saturated carbocycles. The van der Waals surface area contributed by atoms with E-state index in [1.807, 2.05) is 4.90 Å². The van der Waals surface area contributed by atoms with Crippen LogP contribution in [0.3, 0.4) is 0 Å². The number of hydrogen-bond donors (Lipinski definition) is 2. The second kappa shape index (κ2) is 9.61. The van der Waals surface area contributed by atoms with Gasteiger partial charge in [0.05, 0.1) is 11.1 Å². The molecule has 0 aliphatic carbocycles. The van der Waals surface area contributed by atoms with Crippen molar-refractivity contribution in [3.63, 3.8) is 0 Å². The first-order valence-electron chi connectivity index (χ1n) is 12.1. The van der Waals surface area contributed by atoms with Crippen LogP contribution in [0.4, 0.5) is 21.7 Å². The molecule has 1 fully saturated rings. The summed E-state index contributed by atoms with van der Waals surface area (Å²) in [6.07, 6.45) is 4.26. The molecule has 1 aromatic carbocycles. The van der Waals surface area contributed by atoms with E-state index in [1.54, 1.807) is 18.3 Å². The molecule has 184 valence electrons. The molecule has 2 aromatic rings. The number of nitrogens with zero attached hydrogens (tertiary/aromatic N) is 5. The van der Waals surface area contributed by atoms with E-state index in [2.05, 4.69) is 44.2 Å². The van der Waals surface area contributed by atoms with E-state index in [4.69, 9.17) is 0 Å². The zero-order valence-corrected chi connectivity index (χ0v) is 20.1. The lowest BCUT2D eigenvalue weighted by atomic mass is 10.1. The maximum Gasteiger partial charge on any atom is 0.259 e. The summed E-state index contributed by atoms with van der Waals surface area (Å²) in [4.78, 5) is 40.6. The Morgan fingerprint density at radius 2 is 1.80 bits per heavy atom. The summed E-state index contributed by atoms with van der Waals surface area (Å²) in [6.45, 7) is 7.75. The Hall–Kier alpha value is -3.53. The smallest absolute Gasteiger partial charge is 0.259 e. The molecule has 2 amide bonds. The van der Waals surface area contributed by atoms with E-state index in [0.717, 1.165) is 6.42 Å². The third kappa shape index (κ3) is 4.70. The van der Waals surface area contributed by atoms with Crippen LogP contribution in [0.5, 0.6) is 0 Å². The number of rotatable bonds is 1. The molecule has 0 spiro atoms. The first kappa shape index (κ1) is 23.2. The molecule has 0 unspecified atom stereocenters. The summed E-state index contributed by atoms with van der Waals surface area (Å²) in [5.74, 6) is 0.716. The summed E-state index contributed by atoms with van der Waals surface area (Å²) >= 11 is 0. The Bertz CT molecular complexity index is 1170. The molecule has 1 aromatic heterocycles. The predicted octanol–water partition coefficient (Wildman–Crippen LogP) is 2.67. The van der Waals surface area contributed by atoms with Gasteiger partial charge in [0.15, 0.2) is 0 Å². The molecule has 35 heavy (non-hydrogen) atoms. The number of amides is 2. The second-order valence-corrected chi connectivity index (χ2v) is 9.42. The molecule has 4 aliphatic rings. The number of nitrogens with one attached hydrogen (secondary N) is 2. The number of anilines is 3. The number of carbonyl (C=O) groups is 2. The van der Waals surface area contributed by atoms with Crippen LogP contribution in [-0.2, 0) is 16.1 Å². The van der Waals surface area contributed by atoms with Crippen molar-refractivity contribution in [2.75, 3.05) is 48.3 Å². The van der Waals surface area contributed by atoms with Gasteiger partial charge in [-0.15, -0.1) is 0 Å². The average molecular weight is 480 g/mol. The van der Waals surface area contributed by atoms with Gasteiger partial charge >= 0.3 is 0 Å². The number of halogens is 1. The van der Waals surface area contributed by atoms with Gasteiger partial charge in [0.25, 0.3) is 5.91 Å². The minimum atomic E-state index is -0.282. The lowest BCUT2D eigenvalue weighted by molar-refractivity contribution is -0.131. The normalized spacial score (nSPS) is 20.6. The highest BCUT2D eigenvalue weighted by Gasteiger charge is 2.33. The van der Waals surface area contributed by atoms with Gasteiger partial charge in [-0.05, 0) is 45.0 Å². The third-order valence-corrected chi connectivity index (χ3v) is 6.87. The van der Waals surface area contributed by atoms with Crippen molar-refractivity contribution in [3.05, 3.63) is 47.7 Å². The Morgan fingerprint density at radius 1 is 1.03 bits per heavy atom. The molecule has 9 nitrogen and oxygen atoms in total. The van der Waals surface area contributed by atoms with E-state index in [9.17, 15) is 14.0 Å². The number of piperazine rings is 1. The topological polar surface area (TPSA) is 93.7 Å². The van der Waals surface area contributed by atoms with Gasteiger partial charge < -0.3 is 20.4 Å². The summed E-state index contributed by atoms with van der Waals surface area (Å²) in [6, 6.07) is 5.06. The molecular weight excluding hydrogens is 449 g/mol. The highest BCUT2D eigenvalue weighted by molar-refractivity contribution is 6.32. The van der Waals surface area contributed by atoms with Gasteiger partial charge in [-0.1, -0.05) is 0 Å². The fraction of sp³-hybridized carbons (Fsp3) is 0.440. The Balaban J connectivity index is 1.53. The molecule has 2 N–H and O–H groups in total. The number of carbonyl (C=O) groups excluding carboxylic acids is 2. The van der Waals surface area contributed by atoms with Gasteiger partial charge in [0, 0.05) is 62.6 Å². The first-order chi connectivity index (χ1) is 16.9. The maximum absolute atomic E-state index is 14.7. The van der Waals surface area contributed by atoms with Gasteiger partial charge in [-0.3, -0.25) is 14.5 Å². The number of aromatic nitrogens is 2. The van der Waals surface area contributed by atoms with Gasteiger partial charge in [-0.25, -0.2) is 14.4 Å². The van der Waals surface area contributed by atoms with Crippen LogP contribution in [0.2, 0.25) is 0 Å². The molecule has 10 heteroatoms. The van der Waals surface area contributed by atoms with Crippen molar-refractivity contribution in [1.29, 1.82) is 0 Å². The molecule has 0 radical (unpaired) electrons. The van der Waals surface area contributed by atoms with E-state index in [-0.39, 0.29) is 23.7 Å². The van der Waals surface area contributed by atoms with Crippen molar-refractivity contribution in [3.8, 4) is 0 Å². The first-order valence-corrected chi connectivity index (χ1v) is 12.1. The van der Waals surface area contributed by atoms with Crippen molar-refractivity contribution < 1.29 is 14.0 Å². The van der Waals surface area contributed by atoms with Crippen LogP contribution in [0.25, 0.3) is 5.57 Å². The van der Waals surface area contributed by atoms with Crippen molar-refractivity contribution in [1.82, 2.24) is 19.8 Å². The summed E-state index contributed by atoms with van der Waals surface area (Å²) < 4.78 is 14.7. The molecular formula is C25H30FN7O2. The highest BCUT2D eigenvalue weighted by Crippen LogP contribution is 2.36. The molecule has 5 heterocycles. The molecule has 0 atom stereocenters. The molecule has 4 bridgehead atoms. The summed E-state index contributed by atoms with van der Waals surface area (Å²) in [7, 11) is 0. The number of hydrogen-bond acceptors (Lipinski definition) is 7. The quantitative estimate of drug-likeness (QED) is 0.650. The van der Waals surface area contributed by atoms with Gasteiger partial charge in [0.2, 0.25) is 5.91 Å². The van der Waals surface area contributed by atoms with E-state index in [1.165, 1.54) is 12.4 Å². The third-order valence-electron chi connectivity index (χ3n) is 6.87. The molecule has 1 saturated heterocycles. The zero-order chi connectivity index (χ0) is 24.5. The summed E-state index contributed by atoms with van der Waals surface area (Å²) in [5, 5.41) is 5.99. The van der Waals surface area contributed by atoms with E-state index >= 15 is 0 Å². The van der Waals surface area contributed by atoms with Crippen molar-refractivity contribution in [2.24, 2.45) is 0 Å². The fourth-order valence-corrected chi connectivity index (χ4v) is 4.82. The lowest BCUT2D eigenvalue weighted by Crippen LogP contribution is -2.49. The molecule has 6 rings (SSSR count). The minimum Gasteiger partial charge on any atom is -0.361 e. The van der Waals surface area contributed by atoms with Crippen LogP contribution >= 0.6 is 0 Å². The van der Waals surface area contributed by atoms with Crippen molar-refractivity contribution in [2.45, 2.75) is 39.3 Å². The van der Waals surface area contributed by atoms with Gasteiger partial charge in [0.1, 0.15) is 23.8 Å². The second-order valence-electron chi connectivity index (χ2n) is 9.42. The van der Waals surface area contributed by atoms with E-state index in [0.29, 0.717) is 79.7 Å². The predicted molar refractivity (Wildman–Crippen MR) is 132 cm³/mol. The van der Waals surface area contributed by atoms with Gasteiger partial charge in [-0.2, -0.15) is 0 Å². The maximum atomic E-state index is 14.7. The molecule has 4 aliphatic heterocycles. The van der Waals surface area contributed by atoms with Crippen LogP contribution in [0, 0.1) is 5.82 Å². The largest absolute Gasteiger partial charge is 0.361 e. The van der Waals surface area contributed by atoms with Crippen LogP contribution in [0.15, 0.2) is 30.7 Å². The van der Waals surface area contributed by atoms with Crippen LogP contribution in [0.1, 0.15) is 37.8 Å². The standard InChI is InChI=1S/C25H30FN7O2/c1-16(2)33-7-3-4-21(34)31-8-10-32(11-9-31)24-22-19(25(35)30-23(22)28-15-29-24)13-27-18-5-6-20(26)17(12-18)14-33/h5-6,12-13,15-16,27H,3-4,7-11,14H2,1-2H3,(H,28,29,30,35)/b19-13-. The number of benzene rings is 1. The lowest BCUT2D eigenvalue weighted by Gasteiger charge is -2.36. The monoisotopic (exact) mass is 479 g/mol. The summed E-state index contributed by atoms with van der Waals surface area (Å²) in [5.41, 5.74) is 2.30. The Labute approximate surface area is 204 Å². The zero-order valence-electron chi connectivity index (χ0n) is 20.1. The minimum absolute atomic E-state index is 0.136. The van der Waals surface area contributed by atoms with Crippen LogP contribution < -0.4 is 15.5 Å². The fourth-order valence-electron chi connectivity index (χ4n) is 4.82. The van der Waals surface area contributed by atoms with E-state index < -0.39 is 0 Å². The Morgan fingerprint density at radius 3 is 2.57 bits per heavy atom. The van der Waals surface area contributed by atoms with Crippen LogP contribution in [-0.4, -0.2) is 70.3 Å². The Kier molecular flexibility index (Phi) is 6.38. The number of fused-ring (bicyclic) bond motifs is 8. The highest BCUT2D eigenvalue weighted by atomic mass is 19.1. The van der Waals surface area contributed by atoms with Crippen molar-refractivity contribution >= 4 is 34.7 Å².